The van der Waals surface area contributed by atoms with Crippen LogP contribution in [0.4, 0.5) is 4.79 Å². The summed E-state index contributed by atoms with van der Waals surface area (Å²) in [5, 5.41) is 12.2. The van der Waals surface area contributed by atoms with Crippen molar-refractivity contribution in [2.75, 3.05) is 25.4 Å². The molecule has 0 spiro atoms. The van der Waals surface area contributed by atoms with E-state index < -0.39 is 11.4 Å². The van der Waals surface area contributed by atoms with Gasteiger partial charge in [0.1, 0.15) is 0 Å². The number of aliphatic carboxylic acids is 1. The van der Waals surface area contributed by atoms with Gasteiger partial charge in [0.2, 0.25) is 5.91 Å². The zero-order valence-electron chi connectivity index (χ0n) is 12.1. The van der Waals surface area contributed by atoms with Crippen LogP contribution in [0, 0.1) is 5.41 Å². The number of carbonyl (C=O) groups excluding carboxylic acids is 2. The molecule has 2 amide bonds. The molecule has 2 rings (SSSR count). The third-order valence-electron chi connectivity index (χ3n) is 4.34. The van der Waals surface area contributed by atoms with E-state index in [9.17, 15) is 19.5 Å². The van der Waals surface area contributed by atoms with Crippen LogP contribution in [0.5, 0.6) is 0 Å². The third kappa shape index (κ3) is 4.12. The highest BCUT2D eigenvalue weighted by molar-refractivity contribution is 8.13. The number of hydrogen-bond donors (Lipinski definition) is 2. The minimum Gasteiger partial charge on any atom is -0.481 e. The number of amides is 2. The van der Waals surface area contributed by atoms with E-state index in [1.165, 1.54) is 11.8 Å². The van der Waals surface area contributed by atoms with E-state index in [4.69, 9.17) is 0 Å². The van der Waals surface area contributed by atoms with E-state index in [0.29, 0.717) is 25.9 Å². The molecule has 6 nitrogen and oxygen atoms in total. The topological polar surface area (TPSA) is 86.7 Å². The van der Waals surface area contributed by atoms with Crippen LogP contribution in [-0.4, -0.2) is 52.5 Å². The van der Waals surface area contributed by atoms with E-state index in [1.807, 2.05) is 0 Å². The minimum atomic E-state index is -0.811. The number of thioether (sulfide) groups is 1. The van der Waals surface area contributed by atoms with Crippen molar-refractivity contribution in [2.45, 2.75) is 38.5 Å². The molecule has 1 saturated carbocycles. The largest absolute Gasteiger partial charge is 0.481 e. The van der Waals surface area contributed by atoms with Crippen LogP contribution in [-0.2, 0) is 9.59 Å². The Morgan fingerprint density at radius 2 is 2.00 bits per heavy atom. The molecule has 0 unspecified atom stereocenters. The molecule has 1 aliphatic carbocycles. The highest BCUT2D eigenvalue weighted by Crippen LogP contribution is 2.36. The predicted octanol–water partition coefficient (Wildman–Crippen LogP) is 1.70. The fourth-order valence-corrected chi connectivity index (χ4v) is 3.77. The summed E-state index contributed by atoms with van der Waals surface area (Å²) in [5.74, 6) is -0.206. The Bertz CT molecular complexity index is 421. The maximum absolute atomic E-state index is 11.9. The van der Waals surface area contributed by atoms with Crippen LogP contribution in [0.1, 0.15) is 38.5 Å². The zero-order chi connectivity index (χ0) is 15.3. The second-order valence-electron chi connectivity index (χ2n) is 5.77. The van der Waals surface area contributed by atoms with Crippen LogP contribution >= 0.6 is 11.8 Å². The van der Waals surface area contributed by atoms with Crippen molar-refractivity contribution in [1.29, 1.82) is 0 Å². The molecule has 7 heteroatoms. The van der Waals surface area contributed by atoms with Crippen LogP contribution in [0.15, 0.2) is 0 Å². The molecule has 0 aromatic heterocycles. The van der Waals surface area contributed by atoms with Gasteiger partial charge in [0.15, 0.2) is 0 Å². The molecule has 1 heterocycles. The molecule has 2 aliphatic rings. The van der Waals surface area contributed by atoms with Crippen molar-refractivity contribution >= 4 is 28.9 Å². The van der Waals surface area contributed by atoms with Crippen molar-refractivity contribution in [3.05, 3.63) is 0 Å². The number of nitrogens with zero attached hydrogens (tertiary/aromatic N) is 1. The molecule has 0 radical (unpaired) electrons. The van der Waals surface area contributed by atoms with Gasteiger partial charge in [0.05, 0.1) is 5.41 Å². The molecule has 0 bridgehead atoms. The lowest BCUT2D eigenvalue weighted by atomic mass is 9.74. The van der Waals surface area contributed by atoms with Gasteiger partial charge in [-0.25, -0.2) is 0 Å². The third-order valence-corrected chi connectivity index (χ3v) is 5.23. The summed E-state index contributed by atoms with van der Waals surface area (Å²) in [7, 11) is 0. The van der Waals surface area contributed by atoms with E-state index in [1.54, 1.807) is 4.90 Å². The Morgan fingerprint density at radius 3 is 2.57 bits per heavy atom. The second-order valence-corrected chi connectivity index (χ2v) is 6.82. The highest BCUT2D eigenvalue weighted by Gasteiger charge is 2.39. The molecule has 0 atom stereocenters. The SMILES string of the molecule is O=C(CCN1CCSC1=O)NCC1(C(=O)O)CCCCC1. The first-order chi connectivity index (χ1) is 10.0. The van der Waals surface area contributed by atoms with E-state index >= 15 is 0 Å². The van der Waals surface area contributed by atoms with Gasteiger partial charge in [0.25, 0.3) is 5.24 Å². The summed E-state index contributed by atoms with van der Waals surface area (Å²) in [4.78, 5) is 36.4. The molecular formula is C14H22N2O4S. The Morgan fingerprint density at radius 1 is 1.29 bits per heavy atom. The quantitative estimate of drug-likeness (QED) is 0.779. The molecule has 118 valence electrons. The Labute approximate surface area is 128 Å². The summed E-state index contributed by atoms with van der Waals surface area (Å²) in [6, 6.07) is 0. The van der Waals surface area contributed by atoms with E-state index in [0.717, 1.165) is 25.0 Å². The van der Waals surface area contributed by atoms with Gasteiger partial charge in [-0.2, -0.15) is 0 Å². The molecule has 0 aromatic rings. The smallest absolute Gasteiger partial charge is 0.311 e. The fraction of sp³-hybridized carbons (Fsp3) is 0.786. The normalized spacial score (nSPS) is 21.3. The number of carbonyl (C=O) groups is 3. The number of hydrogen-bond acceptors (Lipinski definition) is 4. The molecule has 2 N–H and O–H groups in total. The lowest BCUT2D eigenvalue weighted by molar-refractivity contribution is -0.151. The Balaban J connectivity index is 1.76. The van der Waals surface area contributed by atoms with Crippen molar-refractivity contribution in [2.24, 2.45) is 5.41 Å². The first-order valence-electron chi connectivity index (χ1n) is 7.45. The van der Waals surface area contributed by atoms with Crippen LogP contribution in [0.25, 0.3) is 0 Å². The van der Waals surface area contributed by atoms with Gasteiger partial charge in [-0.3, -0.25) is 14.4 Å². The average molecular weight is 314 g/mol. The number of carboxylic acid groups (broad SMARTS) is 1. The lowest BCUT2D eigenvalue weighted by Crippen LogP contribution is -2.44. The van der Waals surface area contributed by atoms with Gasteiger partial charge < -0.3 is 15.3 Å². The van der Waals surface area contributed by atoms with Gasteiger partial charge >= 0.3 is 5.97 Å². The Hall–Kier alpha value is -1.24. The standard InChI is InChI=1S/C14H22N2O4S/c17-11(4-7-16-8-9-21-13(16)20)15-10-14(12(18)19)5-2-1-3-6-14/h1-10H2,(H,15,17)(H,18,19). The van der Waals surface area contributed by atoms with E-state index in [-0.39, 0.29) is 24.1 Å². The summed E-state index contributed by atoms with van der Waals surface area (Å²) >= 11 is 1.27. The van der Waals surface area contributed by atoms with Gasteiger partial charge in [-0.05, 0) is 12.8 Å². The van der Waals surface area contributed by atoms with Crippen LogP contribution in [0.2, 0.25) is 0 Å². The number of nitrogens with one attached hydrogen (secondary N) is 1. The van der Waals surface area contributed by atoms with Gasteiger partial charge in [-0.15, -0.1) is 0 Å². The van der Waals surface area contributed by atoms with Gasteiger partial charge in [0, 0.05) is 31.8 Å². The summed E-state index contributed by atoms with van der Waals surface area (Å²) < 4.78 is 0. The van der Waals surface area contributed by atoms with Crippen LogP contribution in [0.3, 0.4) is 0 Å². The monoisotopic (exact) mass is 314 g/mol. The summed E-state index contributed by atoms with van der Waals surface area (Å²) in [6.07, 6.45) is 4.37. The van der Waals surface area contributed by atoms with Gasteiger partial charge in [-0.1, -0.05) is 31.0 Å². The zero-order valence-corrected chi connectivity index (χ0v) is 12.9. The highest BCUT2D eigenvalue weighted by atomic mass is 32.2. The number of rotatable bonds is 6. The van der Waals surface area contributed by atoms with Crippen molar-refractivity contribution in [3.63, 3.8) is 0 Å². The first kappa shape index (κ1) is 16.1. The summed E-state index contributed by atoms with van der Waals surface area (Å²) in [5.41, 5.74) is -0.798. The second kappa shape index (κ2) is 7.15. The predicted molar refractivity (Wildman–Crippen MR) is 80.2 cm³/mol. The average Bonchev–Trinajstić information content (AvgIpc) is 2.89. The van der Waals surface area contributed by atoms with Crippen LogP contribution < -0.4 is 5.32 Å². The Kier molecular flexibility index (Phi) is 5.50. The van der Waals surface area contributed by atoms with Crippen molar-refractivity contribution in [3.8, 4) is 0 Å². The maximum Gasteiger partial charge on any atom is 0.311 e. The minimum absolute atomic E-state index is 0.0251. The molecule has 1 aliphatic heterocycles. The van der Waals surface area contributed by atoms with Crippen molar-refractivity contribution in [1.82, 2.24) is 10.2 Å². The maximum atomic E-state index is 11.9. The molecule has 21 heavy (non-hydrogen) atoms. The lowest BCUT2D eigenvalue weighted by Gasteiger charge is -2.33. The van der Waals surface area contributed by atoms with Crippen molar-refractivity contribution < 1.29 is 19.5 Å². The number of carboxylic acids is 1. The first-order valence-corrected chi connectivity index (χ1v) is 8.44. The van der Waals surface area contributed by atoms with E-state index in [2.05, 4.69) is 5.32 Å². The molecule has 0 aromatic carbocycles. The summed E-state index contributed by atoms with van der Waals surface area (Å²) in [6.45, 7) is 1.30. The fourth-order valence-electron chi connectivity index (χ4n) is 2.92. The molecular weight excluding hydrogens is 292 g/mol. The molecule has 2 fully saturated rings. The molecule has 1 saturated heterocycles.